The predicted molar refractivity (Wildman–Crippen MR) is 94.9 cm³/mol. The van der Waals surface area contributed by atoms with Crippen LogP contribution in [0.2, 0.25) is 0 Å². The van der Waals surface area contributed by atoms with Crippen molar-refractivity contribution in [1.82, 2.24) is 5.32 Å². The molecule has 10 heteroatoms. The second-order valence-electron chi connectivity index (χ2n) is 5.86. The Morgan fingerprint density at radius 2 is 1.61 bits per heavy atom. The van der Waals surface area contributed by atoms with E-state index in [1.165, 1.54) is 38.1 Å². The zero-order chi connectivity index (χ0) is 21.4. The zero-order valence-corrected chi connectivity index (χ0v) is 15.9. The number of rotatable bonds is 8. The predicted octanol–water partition coefficient (Wildman–Crippen LogP) is -0.206. The largest absolute Gasteiger partial charge is 0.468 e. The SMILES string of the molecule is COC(=O)C(C(=O)OC)[C@@H](C)[C@H](NC(=O)c1cccc(OC(C)=O)c1)C(N)=O. The normalized spacial score (nSPS) is 12.5. The van der Waals surface area contributed by atoms with Crippen LogP contribution in [0.4, 0.5) is 0 Å². The molecule has 2 amide bonds. The number of methoxy groups -OCH3 is 2. The van der Waals surface area contributed by atoms with Crippen molar-refractivity contribution in [1.29, 1.82) is 0 Å². The van der Waals surface area contributed by atoms with Gasteiger partial charge < -0.3 is 25.3 Å². The third-order valence-electron chi connectivity index (χ3n) is 3.91. The number of esters is 3. The molecule has 28 heavy (non-hydrogen) atoms. The lowest BCUT2D eigenvalue weighted by molar-refractivity contribution is -0.162. The summed E-state index contributed by atoms with van der Waals surface area (Å²) < 4.78 is 14.1. The highest BCUT2D eigenvalue weighted by Gasteiger charge is 2.41. The molecule has 0 aliphatic heterocycles. The van der Waals surface area contributed by atoms with Crippen molar-refractivity contribution in [3.63, 3.8) is 0 Å². The average molecular weight is 394 g/mol. The van der Waals surface area contributed by atoms with E-state index in [0.717, 1.165) is 14.2 Å². The lowest BCUT2D eigenvalue weighted by Crippen LogP contribution is -2.52. The molecule has 0 spiro atoms. The van der Waals surface area contributed by atoms with E-state index in [9.17, 15) is 24.0 Å². The third kappa shape index (κ3) is 5.79. The summed E-state index contributed by atoms with van der Waals surface area (Å²) in [5.41, 5.74) is 5.43. The Balaban J connectivity index is 3.10. The Labute approximate surface area is 161 Å². The Morgan fingerprint density at radius 3 is 2.07 bits per heavy atom. The number of nitrogens with two attached hydrogens (primary N) is 1. The lowest BCUT2D eigenvalue weighted by atomic mass is 9.86. The molecule has 3 N–H and O–H groups in total. The van der Waals surface area contributed by atoms with Gasteiger partial charge in [0.15, 0.2) is 5.92 Å². The second-order valence-corrected chi connectivity index (χ2v) is 5.86. The first-order valence-corrected chi connectivity index (χ1v) is 8.16. The fraction of sp³-hybridized carbons (Fsp3) is 0.389. The van der Waals surface area contributed by atoms with Gasteiger partial charge in [-0.2, -0.15) is 0 Å². The maximum atomic E-state index is 12.5. The standard InChI is InChI=1S/C18H22N2O8/c1-9(13(17(24)26-3)18(25)27-4)14(15(19)22)20-16(23)11-6-5-7-12(8-11)28-10(2)21/h5-9,13-14H,1-4H3,(H2,19,22)(H,20,23)/t9-,14+/m1/s1. The first kappa shape index (κ1) is 22.6. The Kier molecular flexibility index (Phi) is 8.11. The van der Waals surface area contributed by atoms with E-state index < -0.39 is 47.6 Å². The molecule has 152 valence electrons. The maximum Gasteiger partial charge on any atom is 0.320 e. The number of hydrogen-bond donors (Lipinski definition) is 2. The van der Waals surface area contributed by atoms with Crippen LogP contribution in [-0.2, 0) is 28.7 Å². The van der Waals surface area contributed by atoms with Gasteiger partial charge in [-0.25, -0.2) is 0 Å². The van der Waals surface area contributed by atoms with E-state index in [1.807, 2.05) is 0 Å². The van der Waals surface area contributed by atoms with Gasteiger partial charge in [0.1, 0.15) is 11.8 Å². The fourth-order valence-electron chi connectivity index (χ4n) is 2.52. The summed E-state index contributed by atoms with van der Waals surface area (Å²) in [6.45, 7) is 2.58. The molecule has 1 aromatic carbocycles. The number of primary amides is 1. The van der Waals surface area contributed by atoms with Gasteiger partial charge in [0.2, 0.25) is 5.91 Å². The lowest BCUT2D eigenvalue weighted by Gasteiger charge is -2.26. The Morgan fingerprint density at radius 1 is 1.04 bits per heavy atom. The van der Waals surface area contributed by atoms with E-state index in [-0.39, 0.29) is 11.3 Å². The van der Waals surface area contributed by atoms with Crippen LogP contribution in [0.3, 0.4) is 0 Å². The number of ether oxygens (including phenoxy) is 3. The maximum absolute atomic E-state index is 12.5. The highest BCUT2D eigenvalue weighted by atomic mass is 16.5. The van der Waals surface area contributed by atoms with E-state index in [1.54, 1.807) is 0 Å². The molecule has 1 rings (SSSR count). The summed E-state index contributed by atoms with van der Waals surface area (Å²) in [6.07, 6.45) is 0. The minimum absolute atomic E-state index is 0.0740. The van der Waals surface area contributed by atoms with E-state index in [4.69, 9.17) is 10.5 Å². The quantitative estimate of drug-likeness (QED) is 0.349. The third-order valence-corrected chi connectivity index (χ3v) is 3.91. The summed E-state index contributed by atoms with van der Waals surface area (Å²) in [7, 11) is 2.15. The van der Waals surface area contributed by atoms with Crippen LogP contribution in [0.1, 0.15) is 24.2 Å². The number of benzene rings is 1. The second kappa shape index (κ2) is 10.0. The summed E-state index contributed by atoms with van der Waals surface area (Å²) >= 11 is 0. The zero-order valence-electron chi connectivity index (χ0n) is 15.9. The molecule has 0 saturated heterocycles. The van der Waals surface area contributed by atoms with Crippen molar-refractivity contribution in [2.45, 2.75) is 19.9 Å². The van der Waals surface area contributed by atoms with Crippen molar-refractivity contribution < 1.29 is 38.2 Å². The smallest absolute Gasteiger partial charge is 0.320 e. The summed E-state index contributed by atoms with van der Waals surface area (Å²) in [5, 5.41) is 2.38. The summed E-state index contributed by atoms with van der Waals surface area (Å²) in [5.74, 6) is -6.52. The van der Waals surface area contributed by atoms with Gasteiger partial charge in [0, 0.05) is 18.4 Å². The summed E-state index contributed by atoms with van der Waals surface area (Å²) in [6, 6.07) is 4.27. The van der Waals surface area contributed by atoms with Gasteiger partial charge in [0.05, 0.1) is 14.2 Å². The van der Waals surface area contributed by atoms with Crippen LogP contribution >= 0.6 is 0 Å². The van der Waals surface area contributed by atoms with Gasteiger partial charge in [-0.05, 0) is 18.2 Å². The van der Waals surface area contributed by atoms with E-state index >= 15 is 0 Å². The average Bonchev–Trinajstić information content (AvgIpc) is 2.64. The van der Waals surface area contributed by atoms with Crippen molar-refractivity contribution in [2.75, 3.05) is 14.2 Å². The van der Waals surface area contributed by atoms with Crippen LogP contribution < -0.4 is 15.8 Å². The number of carbonyl (C=O) groups excluding carboxylic acids is 5. The van der Waals surface area contributed by atoms with Crippen LogP contribution in [-0.4, -0.2) is 50.0 Å². The molecule has 0 aliphatic rings. The van der Waals surface area contributed by atoms with Crippen LogP contribution in [0, 0.1) is 11.8 Å². The minimum Gasteiger partial charge on any atom is -0.468 e. The van der Waals surface area contributed by atoms with Gasteiger partial charge in [-0.3, -0.25) is 24.0 Å². The molecule has 10 nitrogen and oxygen atoms in total. The van der Waals surface area contributed by atoms with Crippen molar-refractivity contribution in [3.05, 3.63) is 29.8 Å². The molecule has 0 fully saturated rings. The van der Waals surface area contributed by atoms with Gasteiger partial charge in [-0.15, -0.1) is 0 Å². The first-order valence-electron chi connectivity index (χ1n) is 8.16. The molecule has 1 aromatic rings. The minimum atomic E-state index is -1.47. The molecule has 0 heterocycles. The number of hydrogen-bond acceptors (Lipinski definition) is 8. The van der Waals surface area contributed by atoms with E-state index in [0.29, 0.717) is 0 Å². The van der Waals surface area contributed by atoms with Crippen LogP contribution in [0.5, 0.6) is 5.75 Å². The topological polar surface area (TPSA) is 151 Å². The number of nitrogens with one attached hydrogen (secondary N) is 1. The molecule has 0 aromatic heterocycles. The summed E-state index contributed by atoms with van der Waals surface area (Å²) in [4.78, 5) is 59.3. The molecule has 0 radical (unpaired) electrons. The van der Waals surface area contributed by atoms with E-state index in [2.05, 4.69) is 14.8 Å². The fourth-order valence-corrected chi connectivity index (χ4v) is 2.52. The molecule has 0 aliphatic carbocycles. The number of carbonyl (C=O) groups is 5. The van der Waals surface area contributed by atoms with Crippen LogP contribution in [0.25, 0.3) is 0 Å². The molecule has 0 bridgehead atoms. The first-order chi connectivity index (χ1) is 13.1. The van der Waals surface area contributed by atoms with Gasteiger partial charge >= 0.3 is 17.9 Å². The number of amides is 2. The molecule has 0 saturated carbocycles. The molecular weight excluding hydrogens is 372 g/mol. The van der Waals surface area contributed by atoms with Crippen molar-refractivity contribution in [3.8, 4) is 5.75 Å². The molecule has 0 unspecified atom stereocenters. The van der Waals surface area contributed by atoms with Gasteiger partial charge in [0.25, 0.3) is 5.91 Å². The highest BCUT2D eigenvalue weighted by Crippen LogP contribution is 2.20. The monoisotopic (exact) mass is 394 g/mol. The molecular formula is C18H22N2O8. The van der Waals surface area contributed by atoms with Gasteiger partial charge in [-0.1, -0.05) is 13.0 Å². The van der Waals surface area contributed by atoms with Crippen molar-refractivity contribution >= 4 is 29.7 Å². The Hall–Kier alpha value is -3.43. The highest BCUT2D eigenvalue weighted by molar-refractivity contribution is 5.99. The van der Waals surface area contributed by atoms with Crippen molar-refractivity contribution in [2.24, 2.45) is 17.6 Å². The molecule has 2 atom stereocenters. The Bertz CT molecular complexity index is 761. The van der Waals surface area contributed by atoms with Crippen LogP contribution in [0.15, 0.2) is 24.3 Å².